The third-order valence-corrected chi connectivity index (χ3v) is 6.72. The molecule has 9 nitrogen and oxygen atoms in total. The summed E-state index contributed by atoms with van der Waals surface area (Å²) in [5.41, 5.74) is 3.19. The van der Waals surface area contributed by atoms with Crippen LogP contribution >= 0.6 is 0 Å². The molecule has 3 heterocycles. The van der Waals surface area contributed by atoms with Gasteiger partial charge in [0.25, 0.3) is 5.56 Å². The molecule has 3 aromatic carbocycles. The summed E-state index contributed by atoms with van der Waals surface area (Å²) in [4.78, 5) is 18.2. The van der Waals surface area contributed by atoms with Crippen molar-refractivity contribution in [2.24, 2.45) is 0 Å². The molecule has 0 aliphatic carbocycles. The van der Waals surface area contributed by atoms with Gasteiger partial charge in [0.1, 0.15) is 19.0 Å². The lowest BCUT2D eigenvalue weighted by atomic mass is 10.1. The molecule has 1 N–H and O–H groups in total. The summed E-state index contributed by atoms with van der Waals surface area (Å²) in [5.74, 6) is 1.67. The van der Waals surface area contributed by atoms with Crippen molar-refractivity contribution in [1.29, 1.82) is 0 Å². The molecule has 0 atom stereocenters. The van der Waals surface area contributed by atoms with Gasteiger partial charge in [0.15, 0.2) is 17.3 Å². The fourth-order valence-electron chi connectivity index (χ4n) is 4.75. The van der Waals surface area contributed by atoms with E-state index >= 15 is 0 Å². The number of tetrazole rings is 1. The van der Waals surface area contributed by atoms with Gasteiger partial charge in [-0.1, -0.05) is 42.5 Å². The predicted molar refractivity (Wildman–Crippen MR) is 143 cm³/mol. The van der Waals surface area contributed by atoms with Crippen LogP contribution in [-0.2, 0) is 32.6 Å². The first-order valence-electron chi connectivity index (χ1n) is 12.8. The van der Waals surface area contributed by atoms with Gasteiger partial charge in [0, 0.05) is 36.7 Å². The maximum Gasteiger partial charge on any atom is 0.252 e. The Kier molecular flexibility index (Phi) is 7.01. The highest BCUT2D eigenvalue weighted by Crippen LogP contribution is 2.33. The number of H-pyrrole nitrogens is 1. The van der Waals surface area contributed by atoms with Crippen LogP contribution in [0.1, 0.15) is 22.5 Å². The second kappa shape index (κ2) is 11.0. The normalized spacial score (nSPS) is 12.8. The standard InChI is InChI=1S/C29H27FN6O3/c30-24-8-6-21(7-9-24)17-35(19-28-32-33-34-36(28)11-10-20-4-2-1-3-5-20)18-23-14-22-15-26-27(39-13-12-38-26)16-25(22)31-29(23)37/h1-9,14-16H,10-13,17-19H2,(H,31,37). The van der Waals surface area contributed by atoms with Gasteiger partial charge in [0.2, 0.25) is 0 Å². The Morgan fingerprint density at radius 3 is 2.46 bits per heavy atom. The molecule has 0 saturated heterocycles. The number of aromatic nitrogens is 5. The number of fused-ring (bicyclic) bond motifs is 2. The number of nitrogens with zero attached hydrogens (tertiary/aromatic N) is 5. The van der Waals surface area contributed by atoms with Crippen molar-refractivity contribution >= 4 is 10.9 Å². The first-order valence-corrected chi connectivity index (χ1v) is 12.8. The molecule has 0 radical (unpaired) electrons. The van der Waals surface area contributed by atoms with Crippen LogP contribution in [0, 0.1) is 5.82 Å². The van der Waals surface area contributed by atoms with Crippen LogP contribution in [-0.4, -0.2) is 43.3 Å². The Morgan fingerprint density at radius 2 is 1.67 bits per heavy atom. The minimum Gasteiger partial charge on any atom is -0.486 e. The van der Waals surface area contributed by atoms with Crippen molar-refractivity contribution in [1.82, 2.24) is 30.1 Å². The summed E-state index contributed by atoms with van der Waals surface area (Å²) in [7, 11) is 0. The summed E-state index contributed by atoms with van der Waals surface area (Å²) in [5, 5.41) is 13.2. The van der Waals surface area contributed by atoms with Gasteiger partial charge in [-0.15, -0.1) is 5.10 Å². The molecular formula is C29H27FN6O3. The van der Waals surface area contributed by atoms with Gasteiger partial charge in [-0.05, 0) is 52.2 Å². The Morgan fingerprint density at radius 1 is 0.897 bits per heavy atom. The Labute approximate surface area is 223 Å². The van der Waals surface area contributed by atoms with Crippen molar-refractivity contribution in [3.8, 4) is 11.5 Å². The zero-order valence-corrected chi connectivity index (χ0v) is 21.2. The largest absolute Gasteiger partial charge is 0.486 e. The number of hydrogen-bond donors (Lipinski definition) is 1. The van der Waals surface area contributed by atoms with Crippen LogP contribution in [0.3, 0.4) is 0 Å². The number of rotatable bonds is 9. The van der Waals surface area contributed by atoms with Crippen molar-refractivity contribution in [3.63, 3.8) is 0 Å². The lowest BCUT2D eigenvalue weighted by Gasteiger charge is -2.22. The molecule has 0 bridgehead atoms. The van der Waals surface area contributed by atoms with E-state index in [1.165, 1.54) is 17.7 Å². The van der Waals surface area contributed by atoms with E-state index in [9.17, 15) is 9.18 Å². The van der Waals surface area contributed by atoms with Crippen molar-refractivity contribution in [2.45, 2.75) is 32.6 Å². The molecule has 0 saturated carbocycles. The van der Waals surface area contributed by atoms with Gasteiger partial charge in [-0.25, -0.2) is 9.07 Å². The van der Waals surface area contributed by atoms with Crippen molar-refractivity contribution in [3.05, 3.63) is 111 Å². The molecule has 6 rings (SSSR count). The van der Waals surface area contributed by atoms with E-state index in [4.69, 9.17) is 9.47 Å². The summed E-state index contributed by atoms with van der Waals surface area (Å²) in [6.07, 6.45) is 0.789. The van der Waals surface area contributed by atoms with Crippen LogP contribution in [0.2, 0.25) is 0 Å². The van der Waals surface area contributed by atoms with E-state index in [0.717, 1.165) is 17.4 Å². The second-order valence-electron chi connectivity index (χ2n) is 9.53. The predicted octanol–water partition coefficient (Wildman–Crippen LogP) is 3.87. The lowest BCUT2D eigenvalue weighted by molar-refractivity contribution is 0.172. The quantitative estimate of drug-likeness (QED) is 0.311. The number of halogens is 1. The molecule has 1 aliphatic rings. The highest BCUT2D eigenvalue weighted by Gasteiger charge is 2.18. The van der Waals surface area contributed by atoms with Crippen LogP contribution < -0.4 is 15.0 Å². The van der Waals surface area contributed by atoms with Gasteiger partial charge in [-0.2, -0.15) is 0 Å². The Hall–Kier alpha value is -4.57. The Balaban J connectivity index is 1.27. The SMILES string of the molecule is O=c1[nH]c2cc3c(cc2cc1CN(Cc1ccc(F)cc1)Cc1nnnn1CCc1ccccc1)OCCO3. The summed E-state index contributed by atoms with van der Waals surface area (Å²) in [6.45, 7) is 2.80. The maximum absolute atomic E-state index is 13.6. The number of benzene rings is 3. The van der Waals surface area contributed by atoms with Crippen LogP contribution in [0.25, 0.3) is 10.9 Å². The van der Waals surface area contributed by atoms with Crippen LogP contribution in [0.5, 0.6) is 11.5 Å². The highest BCUT2D eigenvalue weighted by atomic mass is 19.1. The zero-order chi connectivity index (χ0) is 26.6. The molecule has 39 heavy (non-hydrogen) atoms. The second-order valence-corrected chi connectivity index (χ2v) is 9.53. The van der Waals surface area contributed by atoms with Gasteiger partial charge in [0.05, 0.1) is 12.1 Å². The van der Waals surface area contributed by atoms with Crippen LogP contribution in [0.15, 0.2) is 77.6 Å². The molecule has 1 aliphatic heterocycles. The molecule has 198 valence electrons. The fraction of sp³-hybridized carbons (Fsp3) is 0.241. The number of pyridine rings is 1. The van der Waals surface area contributed by atoms with Crippen molar-refractivity contribution < 1.29 is 13.9 Å². The van der Waals surface area contributed by atoms with E-state index in [1.807, 2.05) is 30.3 Å². The average Bonchev–Trinajstić information content (AvgIpc) is 3.40. The van der Waals surface area contributed by atoms with Crippen LogP contribution in [0.4, 0.5) is 4.39 Å². The number of ether oxygens (including phenoxy) is 2. The summed E-state index contributed by atoms with van der Waals surface area (Å²) in [6, 6.07) is 22.1. The minimum absolute atomic E-state index is 0.188. The molecule has 0 amide bonds. The number of aromatic amines is 1. The van der Waals surface area contributed by atoms with E-state index in [0.29, 0.717) is 67.8 Å². The molecule has 0 fully saturated rings. The third-order valence-electron chi connectivity index (χ3n) is 6.72. The van der Waals surface area contributed by atoms with Gasteiger partial charge >= 0.3 is 0 Å². The van der Waals surface area contributed by atoms with Gasteiger partial charge in [-0.3, -0.25) is 9.69 Å². The summed E-state index contributed by atoms with van der Waals surface area (Å²) >= 11 is 0. The topological polar surface area (TPSA) is 98.2 Å². The monoisotopic (exact) mass is 526 g/mol. The molecule has 0 unspecified atom stereocenters. The number of hydrogen-bond acceptors (Lipinski definition) is 7. The van der Waals surface area contributed by atoms with E-state index < -0.39 is 0 Å². The lowest BCUT2D eigenvalue weighted by Crippen LogP contribution is -2.28. The van der Waals surface area contributed by atoms with E-state index in [1.54, 1.807) is 22.9 Å². The Bertz CT molecular complexity index is 1640. The number of aryl methyl sites for hydroxylation is 2. The molecule has 0 spiro atoms. The highest BCUT2D eigenvalue weighted by molar-refractivity contribution is 5.83. The smallest absolute Gasteiger partial charge is 0.252 e. The first-order chi connectivity index (χ1) is 19.1. The van der Waals surface area contributed by atoms with E-state index in [2.05, 4.69) is 37.5 Å². The molecule has 5 aromatic rings. The molecule has 2 aromatic heterocycles. The zero-order valence-electron chi connectivity index (χ0n) is 21.2. The van der Waals surface area contributed by atoms with E-state index in [-0.39, 0.29) is 11.4 Å². The summed E-state index contributed by atoms with van der Waals surface area (Å²) < 4.78 is 26.7. The third kappa shape index (κ3) is 5.80. The van der Waals surface area contributed by atoms with Crippen molar-refractivity contribution in [2.75, 3.05) is 13.2 Å². The maximum atomic E-state index is 13.6. The van der Waals surface area contributed by atoms with Gasteiger partial charge < -0.3 is 14.5 Å². The molecular weight excluding hydrogens is 499 g/mol. The average molecular weight is 527 g/mol. The number of nitrogens with one attached hydrogen (secondary N) is 1. The first kappa shape index (κ1) is 24.7. The fourth-order valence-corrected chi connectivity index (χ4v) is 4.75. The minimum atomic E-state index is -0.296. The molecule has 10 heteroatoms.